The first-order valence-electron chi connectivity index (χ1n) is 3.87. The molecule has 0 bridgehead atoms. The Morgan fingerprint density at radius 3 is 0.737 bits per heavy atom. The fourth-order valence-corrected chi connectivity index (χ4v) is 0.604. The number of rotatable bonds is 0. The average Bonchev–Trinajstić information content (AvgIpc) is 2.01. The van der Waals surface area contributed by atoms with E-state index in [2.05, 4.69) is 10.6 Å². The average molecular weight is 472 g/mol. The molecule has 0 aromatic carbocycles. The summed E-state index contributed by atoms with van der Waals surface area (Å²) in [5, 5.41) is 6.44. The third-order valence-corrected chi connectivity index (χ3v) is 0.957. The van der Waals surface area contributed by atoms with Gasteiger partial charge in [-0.2, -0.15) is 15.6 Å². The van der Waals surface area contributed by atoms with Crippen LogP contribution in [0, 0.1) is 0 Å². The molecule has 0 aromatic rings. The van der Waals surface area contributed by atoms with Crippen LogP contribution in [0.1, 0.15) is 0 Å². The van der Waals surface area contributed by atoms with Gasteiger partial charge in [0.15, 0.2) is 0 Å². The van der Waals surface area contributed by atoms with Gasteiger partial charge in [-0.05, 0) is 0 Å². The Morgan fingerprint density at radius 2 is 0.684 bits per heavy atom. The Bertz CT molecular complexity index is 208. The van der Waals surface area contributed by atoms with Crippen LogP contribution in [0.5, 0.6) is 0 Å². The molecule has 0 unspecified atom stereocenters. The van der Waals surface area contributed by atoms with Crippen LogP contribution in [0.4, 0.5) is 0 Å². The molecule has 0 aromatic heterocycles. The van der Waals surface area contributed by atoms with Crippen LogP contribution in [0.15, 0.2) is 0 Å². The van der Waals surface area contributed by atoms with E-state index in [-0.39, 0.29) is 58.4 Å². The van der Waals surface area contributed by atoms with Crippen molar-refractivity contribution in [3.63, 3.8) is 0 Å². The second-order valence-electron chi connectivity index (χ2n) is 2.39. The predicted molar refractivity (Wildman–Crippen MR) is 41.0 cm³/mol. The maximum absolute atomic E-state index is 8.55. The Kier molecular flexibility index (Phi) is 31.2. The van der Waals surface area contributed by atoms with Crippen LogP contribution in [0.2, 0.25) is 0 Å². The molecule has 1 saturated heterocycles. The zero-order valence-electron chi connectivity index (χ0n) is 10.1. The standard InChI is InChI=1S/C4H10N2.2H3O4P.3Zn/c1-2-6-4-3-5-1;2*1-5(2,3)4;;;/h5-6H,1-4H2;2*(H3,1,2,3,4);;;/q;;;3*+2/p-6. The van der Waals surface area contributed by atoms with Crippen LogP contribution in [-0.4, -0.2) is 26.2 Å². The molecule has 1 heterocycles. The number of hydrogen-bond acceptors (Lipinski definition) is 10. The van der Waals surface area contributed by atoms with Gasteiger partial charge in [0.1, 0.15) is 0 Å². The summed E-state index contributed by atoms with van der Waals surface area (Å²) < 4.78 is 17.1. The topological polar surface area (TPSA) is 197 Å². The first-order valence-corrected chi connectivity index (χ1v) is 6.80. The fraction of sp³-hybridized carbons (Fsp3) is 1.00. The van der Waals surface area contributed by atoms with Crippen molar-refractivity contribution in [1.82, 2.24) is 10.6 Å². The summed E-state index contributed by atoms with van der Waals surface area (Å²) >= 11 is 0. The normalized spacial score (nSPS) is 13.8. The van der Waals surface area contributed by atoms with Crippen molar-refractivity contribution in [3.05, 3.63) is 0 Å². The molecule has 0 radical (unpaired) electrons. The van der Waals surface area contributed by atoms with E-state index in [0.29, 0.717) is 0 Å². The number of nitrogens with one attached hydrogen (secondary N) is 2. The van der Waals surface area contributed by atoms with E-state index >= 15 is 0 Å². The second-order valence-corrected chi connectivity index (χ2v) is 4.18. The zero-order chi connectivity index (χ0) is 13.2. The molecule has 100 valence electrons. The van der Waals surface area contributed by atoms with Crippen LogP contribution in [0.25, 0.3) is 0 Å². The van der Waals surface area contributed by atoms with Gasteiger partial charge in [0.25, 0.3) is 0 Å². The zero-order valence-corrected chi connectivity index (χ0v) is 20.8. The van der Waals surface area contributed by atoms with Crippen molar-refractivity contribution in [3.8, 4) is 0 Å². The van der Waals surface area contributed by atoms with E-state index in [0.717, 1.165) is 26.2 Å². The Hall–Kier alpha value is 2.01. The number of phosphoric acid groups is 2. The minimum Gasteiger partial charge on any atom is -0.822 e. The SMILES string of the molecule is C1CNCCN1.O=P([O-])([O-])[O-].O=P([O-])([O-])[O-].[Zn+2].[Zn+2].[Zn+2]. The van der Waals surface area contributed by atoms with E-state index < -0.39 is 15.6 Å². The molecule has 0 aliphatic carbocycles. The molecule has 10 nitrogen and oxygen atoms in total. The molecule has 19 heavy (non-hydrogen) atoms. The first kappa shape index (κ1) is 32.8. The van der Waals surface area contributed by atoms with E-state index in [1.807, 2.05) is 0 Å². The molecular weight excluding hydrogens is 462 g/mol. The minimum absolute atomic E-state index is 0. The van der Waals surface area contributed by atoms with Gasteiger partial charge in [-0.3, -0.25) is 0 Å². The van der Waals surface area contributed by atoms with Gasteiger partial charge < -0.3 is 49.1 Å². The van der Waals surface area contributed by atoms with Gasteiger partial charge >= 0.3 is 58.4 Å². The van der Waals surface area contributed by atoms with Crippen LogP contribution < -0.4 is 40.0 Å². The largest absolute Gasteiger partial charge is 2.00 e. The molecule has 1 rings (SSSR count). The molecule has 0 amide bonds. The minimum atomic E-state index is -5.39. The fourth-order valence-electron chi connectivity index (χ4n) is 0.604. The van der Waals surface area contributed by atoms with Crippen molar-refractivity contribution in [2.75, 3.05) is 26.2 Å². The third kappa shape index (κ3) is 101. The van der Waals surface area contributed by atoms with Crippen molar-refractivity contribution in [2.45, 2.75) is 0 Å². The van der Waals surface area contributed by atoms with Gasteiger partial charge in [0.05, 0.1) is 0 Å². The van der Waals surface area contributed by atoms with E-state index in [1.54, 1.807) is 0 Å². The Morgan fingerprint density at radius 1 is 0.579 bits per heavy atom. The Labute approximate surface area is 148 Å². The van der Waals surface area contributed by atoms with E-state index in [9.17, 15) is 0 Å². The summed E-state index contributed by atoms with van der Waals surface area (Å²) in [6.07, 6.45) is 0. The summed E-state index contributed by atoms with van der Waals surface area (Å²) in [7, 11) is -10.8. The molecular formula is C4H10N2O8P2Zn3. The van der Waals surface area contributed by atoms with E-state index in [1.165, 1.54) is 0 Å². The summed E-state index contributed by atoms with van der Waals surface area (Å²) in [6, 6.07) is 0. The number of hydrogen-bond donors (Lipinski definition) is 2. The van der Waals surface area contributed by atoms with Crippen molar-refractivity contribution < 1.29 is 96.9 Å². The quantitative estimate of drug-likeness (QED) is 0.253. The van der Waals surface area contributed by atoms with Gasteiger partial charge in [0.2, 0.25) is 0 Å². The third-order valence-electron chi connectivity index (χ3n) is 0.957. The summed E-state index contributed by atoms with van der Waals surface area (Å²) in [6.45, 7) is 4.56. The van der Waals surface area contributed by atoms with Gasteiger partial charge in [0, 0.05) is 26.2 Å². The summed E-state index contributed by atoms with van der Waals surface area (Å²) in [4.78, 5) is 51.3. The van der Waals surface area contributed by atoms with Crippen molar-refractivity contribution >= 4 is 15.6 Å². The molecule has 1 aliphatic heterocycles. The van der Waals surface area contributed by atoms with Gasteiger partial charge in [-0.25, -0.2) is 0 Å². The second kappa shape index (κ2) is 18.1. The van der Waals surface area contributed by atoms with Gasteiger partial charge in [-0.15, -0.1) is 0 Å². The maximum atomic E-state index is 8.55. The maximum Gasteiger partial charge on any atom is 2.00 e. The summed E-state index contributed by atoms with van der Waals surface area (Å²) in [5.41, 5.74) is 0. The van der Waals surface area contributed by atoms with Crippen LogP contribution in [0.3, 0.4) is 0 Å². The number of piperazine rings is 1. The van der Waals surface area contributed by atoms with Crippen LogP contribution in [-0.2, 0) is 67.6 Å². The van der Waals surface area contributed by atoms with Crippen LogP contribution >= 0.6 is 15.6 Å². The first-order chi connectivity index (χ1) is 7.00. The van der Waals surface area contributed by atoms with Gasteiger partial charge in [-0.1, -0.05) is 0 Å². The van der Waals surface area contributed by atoms with Crippen molar-refractivity contribution in [1.29, 1.82) is 0 Å². The molecule has 0 spiro atoms. The molecule has 0 atom stereocenters. The summed E-state index contributed by atoms with van der Waals surface area (Å²) in [5.74, 6) is 0. The molecule has 1 aliphatic rings. The molecule has 1 fully saturated rings. The monoisotopic (exact) mass is 468 g/mol. The molecule has 15 heteroatoms. The van der Waals surface area contributed by atoms with E-state index in [4.69, 9.17) is 38.5 Å². The predicted octanol–water partition coefficient (Wildman–Crippen LogP) is -6.48. The Balaban J connectivity index is -0.0000000482. The smallest absolute Gasteiger partial charge is 0.822 e. The molecule has 0 saturated carbocycles. The van der Waals surface area contributed by atoms with Crippen molar-refractivity contribution in [2.24, 2.45) is 0 Å². The molecule has 2 N–H and O–H groups in total.